The summed E-state index contributed by atoms with van der Waals surface area (Å²) in [7, 11) is -1.66. The summed E-state index contributed by atoms with van der Waals surface area (Å²) < 4.78 is 48.8. The first-order valence-corrected chi connectivity index (χ1v) is 16.4. The second-order valence-electron chi connectivity index (χ2n) is 10.7. The Bertz CT molecular complexity index is 1450. The van der Waals surface area contributed by atoms with Gasteiger partial charge in [-0.05, 0) is 27.7 Å². The molecule has 1 aliphatic heterocycles. The van der Waals surface area contributed by atoms with Crippen LogP contribution in [-0.2, 0) is 37.5 Å². The van der Waals surface area contributed by atoms with E-state index in [1.54, 1.807) is 6.08 Å². The highest BCUT2D eigenvalue weighted by Crippen LogP contribution is 2.47. The van der Waals surface area contributed by atoms with Gasteiger partial charge in [0.2, 0.25) is 0 Å². The van der Waals surface area contributed by atoms with Gasteiger partial charge in [-0.15, -0.1) is 6.58 Å². The monoisotopic (exact) mass is 706 g/mol. The van der Waals surface area contributed by atoms with Gasteiger partial charge < -0.3 is 37.5 Å². The van der Waals surface area contributed by atoms with Crippen molar-refractivity contribution in [3.63, 3.8) is 0 Å². The van der Waals surface area contributed by atoms with E-state index in [0.29, 0.717) is 0 Å². The first kappa shape index (κ1) is 39.0. The average Bonchev–Trinajstić information content (AvgIpc) is 3.64. The molecule has 3 heterocycles. The van der Waals surface area contributed by atoms with E-state index in [2.05, 4.69) is 51.3 Å². The second-order valence-corrected chi connectivity index (χ2v) is 12.1. The van der Waals surface area contributed by atoms with Gasteiger partial charge in [0.1, 0.15) is 32.3 Å². The van der Waals surface area contributed by atoms with Gasteiger partial charge >= 0.3 is 18.4 Å². The van der Waals surface area contributed by atoms with Gasteiger partial charge in [-0.2, -0.15) is 0 Å². The predicted octanol–water partition coefficient (Wildman–Crippen LogP) is 5.44. The molecule has 1 saturated heterocycles. The van der Waals surface area contributed by atoms with Crippen LogP contribution in [0.5, 0.6) is 0 Å². The van der Waals surface area contributed by atoms with Crippen molar-refractivity contribution >= 4 is 43.9 Å². The number of hydrogen-bond acceptors (Lipinski definition) is 15. The number of carbonyl (C=O) groups is 3. The number of carbonyl (C=O) groups excluding carboxylic acids is 3. The van der Waals surface area contributed by atoms with Crippen LogP contribution in [0.1, 0.15) is 33.9 Å². The first-order valence-electron chi connectivity index (χ1n) is 15.3. The Morgan fingerprint density at radius 2 is 1.47 bits per heavy atom. The lowest BCUT2D eigenvalue weighted by molar-refractivity contribution is -0.0616. The van der Waals surface area contributed by atoms with Crippen molar-refractivity contribution in [1.29, 1.82) is 0 Å². The third-order valence-corrected chi connectivity index (χ3v) is 8.51. The second kappa shape index (κ2) is 19.6. The molecular weight excluding hydrogens is 663 g/mol. The van der Waals surface area contributed by atoms with E-state index < -0.39 is 51.5 Å². The van der Waals surface area contributed by atoms with Crippen molar-refractivity contribution in [1.82, 2.24) is 24.2 Å². The molecule has 268 valence electrons. The van der Waals surface area contributed by atoms with Crippen LogP contribution >= 0.6 is 8.53 Å². The molecule has 1 unspecified atom stereocenters. The van der Waals surface area contributed by atoms with E-state index in [4.69, 9.17) is 37.5 Å². The van der Waals surface area contributed by atoms with Crippen molar-refractivity contribution in [2.45, 2.75) is 64.3 Å². The maximum atomic E-state index is 12.8. The van der Waals surface area contributed by atoms with E-state index in [9.17, 15) is 14.4 Å². The molecule has 0 aromatic carbocycles. The minimum absolute atomic E-state index is 0.0294. The third-order valence-electron chi connectivity index (χ3n) is 6.47. The van der Waals surface area contributed by atoms with Gasteiger partial charge in [0.05, 0.1) is 19.5 Å². The molecule has 2 aromatic rings. The zero-order chi connectivity index (χ0) is 35.9. The Labute approximate surface area is 285 Å². The fourth-order valence-electron chi connectivity index (χ4n) is 4.67. The van der Waals surface area contributed by atoms with Crippen LogP contribution in [0.2, 0.25) is 0 Å². The molecule has 0 bridgehead atoms. The zero-order valence-electron chi connectivity index (χ0n) is 28.0. The Balaban J connectivity index is 2.05. The fraction of sp³-hybridized carbons (Fsp3) is 0.484. The summed E-state index contributed by atoms with van der Waals surface area (Å²) in [6.45, 7) is 22.1. The highest BCUT2D eigenvalue weighted by molar-refractivity contribution is 7.44. The lowest BCUT2D eigenvalue weighted by Crippen LogP contribution is -2.41. The largest absolute Gasteiger partial charge is 0.509 e. The van der Waals surface area contributed by atoms with Crippen LogP contribution in [-0.4, -0.2) is 106 Å². The summed E-state index contributed by atoms with van der Waals surface area (Å²) in [4.78, 5) is 50.6. The number of imidazole rings is 1. The van der Waals surface area contributed by atoms with Crippen LogP contribution in [0.4, 0.5) is 20.2 Å². The third kappa shape index (κ3) is 10.8. The fourth-order valence-corrected chi connectivity index (χ4v) is 6.28. The van der Waals surface area contributed by atoms with E-state index in [-0.39, 0.29) is 62.1 Å². The van der Waals surface area contributed by atoms with Crippen LogP contribution in [0.25, 0.3) is 11.2 Å². The van der Waals surface area contributed by atoms with E-state index in [1.807, 2.05) is 27.7 Å². The molecule has 2 aromatic heterocycles. The molecule has 1 fully saturated rings. The smallest absolute Gasteiger partial charge is 0.445 e. The van der Waals surface area contributed by atoms with Gasteiger partial charge in [0.25, 0.3) is 8.53 Å². The lowest BCUT2D eigenvalue weighted by atomic mass is 10.1. The number of fused-ring (bicyclic) bond motifs is 1. The minimum Gasteiger partial charge on any atom is -0.445 e. The summed E-state index contributed by atoms with van der Waals surface area (Å²) >= 11 is 0. The molecule has 17 nitrogen and oxygen atoms in total. The van der Waals surface area contributed by atoms with Crippen LogP contribution < -0.4 is 5.32 Å². The molecule has 0 saturated carbocycles. The van der Waals surface area contributed by atoms with Gasteiger partial charge in [0, 0.05) is 12.1 Å². The molecule has 5 atom stereocenters. The quantitative estimate of drug-likeness (QED) is 0.0842. The number of nitrogens with one attached hydrogen (secondary N) is 1. The number of rotatable bonds is 19. The van der Waals surface area contributed by atoms with Gasteiger partial charge in [-0.1, -0.05) is 44.0 Å². The number of ether oxygens (including phenoxy) is 6. The first-order chi connectivity index (χ1) is 23.6. The highest BCUT2D eigenvalue weighted by Gasteiger charge is 2.52. The molecule has 0 spiro atoms. The van der Waals surface area contributed by atoms with Gasteiger partial charge in [-0.25, -0.2) is 34.0 Å². The predicted molar refractivity (Wildman–Crippen MR) is 178 cm³/mol. The molecule has 1 aliphatic rings. The van der Waals surface area contributed by atoms with E-state index in [0.717, 1.165) is 0 Å². The standard InChI is InChI=1S/C31H43N6O11P/c1-9-13-41-29(38)35-26-23-27(33-18-32-26)36(19-34-23)28-25(48-31(40)43-15-11-3)24(47-30(39)42-14-10-2)22(46-28)17-45-49(44-16-12-4)37(20(5)6)21(7)8/h9-12,18-22,24-25,28H,1-4,13-17H2,5-8H3,(H,32,33,35,38)/t22-,24-,25-,28-,49?/m1/s1. The van der Waals surface area contributed by atoms with Crippen LogP contribution in [0.15, 0.2) is 63.3 Å². The van der Waals surface area contributed by atoms with Crippen LogP contribution in [0, 0.1) is 0 Å². The lowest BCUT2D eigenvalue weighted by Gasteiger charge is -2.36. The maximum absolute atomic E-state index is 12.8. The van der Waals surface area contributed by atoms with Gasteiger partial charge in [-0.3, -0.25) is 9.88 Å². The number of nitrogens with zero attached hydrogens (tertiary/aromatic N) is 5. The Morgan fingerprint density at radius 3 is 2.06 bits per heavy atom. The SMILES string of the molecule is C=CCOC(=O)Nc1ncnc2c1ncn2[C@@H]1O[C@H](COP(OCC=C)N(C(C)C)C(C)C)[C@@H](OC(=O)OCC=C)[C@H]1OC(=O)OCC=C. The maximum Gasteiger partial charge on any atom is 0.509 e. The van der Waals surface area contributed by atoms with Crippen molar-refractivity contribution < 1.29 is 51.9 Å². The summed E-state index contributed by atoms with van der Waals surface area (Å²) in [5, 5.41) is 2.50. The Morgan fingerprint density at radius 1 is 0.878 bits per heavy atom. The Hall–Kier alpha value is -4.41. The number of amides is 1. The molecule has 0 radical (unpaired) electrons. The number of hydrogen-bond donors (Lipinski definition) is 1. The summed E-state index contributed by atoms with van der Waals surface area (Å²) in [5.41, 5.74) is 0.326. The van der Waals surface area contributed by atoms with Crippen molar-refractivity contribution in [2.75, 3.05) is 38.4 Å². The normalized spacial score (nSPS) is 19.3. The van der Waals surface area contributed by atoms with Crippen LogP contribution in [0.3, 0.4) is 0 Å². The summed E-state index contributed by atoms with van der Waals surface area (Å²) in [6.07, 6.45) is 0.371. The molecule has 49 heavy (non-hydrogen) atoms. The average molecular weight is 707 g/mol. The van der Waals surface area contributed by atoms with Gasteiger partial charge in [0.15, 0.2) is 35.4 Å². The molecule has 0 aliphatic carbocycles. The highest BCUT2D eigenvalue weighted by atomic mass is 31.2. The van der Waals surface area contributed by atoms with Crippen molar-refractivity contribution in [2.24, 2.45) is 0 Å². The topological polar surface area (TPSA) is 184 Å². The summed E-state index contributed by atoms with van der Waals surface area (Å²) in [6, 6.07) is 0.0809. The molecule has 18 heteroatoms. The molecule has 1 amide bonds. The summed E-state index contributed by atoms with van der Waals surface area (Å²) in [5.74, 6) is 0.0341. The minimum atomic E-state index is -1.66. The van der Waals surface area contributed by atoms with Crippen molar-refractivity contribution in [3.05, 3.63) is 63.3 Å². The van der Waals surface area contributed by atoms with E-state index in [1.165, 1.54) is 35.4 Å². The zero-order valence-corrected chi connectivity index (χ0v) is 28.9. The number of anilines is 1. The molecule has 3 rings (SSSR count). The number of aromatic nitrogens is 4. The van der Waals surface area contributed by atoms with E-state index >= 15 is 0 Å². The molecular formula is C31H43N6O11P. The van der Waals surface area contributed by atoms with Crippen molar-refractivity contribution in [3.8, 4) is 0 Å². The molecule has 1 N–H and O–H groups in total. The Kier molecular flexibility index (Phi) is 15.6.